The van der Waals surface area contributed by atoms with Gasteiger partial charge in [-0.05, 0) is 0 Å². The Morgan fingerprint density at radius 3 is 0.833 bits per heavy atom. The van der Waals surface area contributed by atoms with Gasteiger partial charge in [0.05, 0.1) is 0 Å². The maximum Gasteiger partial charge on any atom is 0.102 e. The van der Waals surface area contributed by atoms with Crippen molar-refractivity contribution in [2.75, 3.05) is 0 Å². The molecule has 6 heavy (non-hydrogen) atoms. The van der Waals surface area contributed by atoms with Crippen molar-refractivity contribution in [2.45, 2.75) is 13.6 Å². The van der Waals surface area contributed by atoms with E-state index in [-0.39, 0.29) is 98.1 Å². The minimum Gasteiger partial charge on any atom is -0.0922 e. The van der Waals surface area contributed by atoms with Crippen LogP contribution in [0.15, 0.2) is 0 Å². The molecule has 0 aromatic rings. The molecule has 0 unspecified atom stereocenters. The van der Waals surface area contributed by atoms with E-state index in [4.69, 9.17) is 0 Å². The standard InChI is InChI=1S/C2H6B.3Y/c1-3-2;;;/h1-2H3;;;. The first-order valence-electron chi connectivity index (χ1n) is 1.15. The second-order valence-corrected chi connectivity index (χ2v) is 0.577. The van der Waals surface area contributed by atoms with E-state index in [9.17, 15) is 0 Å². The summed E-state index contributed by atoms with van der Waals surface area (Å²) in [6.07, 6.45) is 0. The van der Waals surface area contributed by atoms with E-state index in [2.05, 4.69) is 0 Å². The molecule has 0 rings (SSSR count). The minimum absolute atomic E-state index is 0. The average Bonchev–Trinajstić information content (AvgIpc) is 0.918. The van der Waals surface area contributed by atoms with Gasteiger partial charge in [-0.3, -0.25) is 0 Å². The molecule has 0 aromatic carbocycles. The first-order valence-corrected chi connectivity index (χ1v) is 1.15. The average molecular weight is 308 g/mol. The fraction of sp³-hybridized carbons (Fsp3) is 1.00. The second-order valence-electron chi connectivity index (χ2n) is 0.577. The smallest absolute Gasteiger partial charge is 0.0922 e. The third-order valence-corrected chi connectivity index (χ3v) is 0. The predicted octanol–water partition coefficient (Wildman–Crippen LogP) is 0.779. The van der Waals surface area contributed by atoms with E-state index in [1.165, 1.54) is 0 Å². The zero-order valence-electron chi connectivity index (χ0n) is 4.31. The van der Waals surface area contributed by atoms with Gasteiger partial charge in [-0.2, -0.15) is 0 Å². The molecule has 4 radical (unpaired) electrons. The molecule has 0 saturated carbocycles. The van der Waals surface area contributed by atoms with E-state index in [0.717, 1.165) is 0 Å². The summed E-state index contributed by atoms with van der Waals surface area (Å²) in [7, 11) is 2.00. The molecule has 0 aliphatic carbocycles. The maximum atomic E-state index is 2.00. The normalized spacial score (nSPS) is 2.33. The molecule has 0 nitrogen and oxygen atoms in total. The summed E-state index contributed by atoms with van der Waals surface area (Å²) in [5.41, 5.74) is 0. The first kappa shape index (κ1) is 22.8. The molecule has 0 spiro atoms. The molecule has 0 aromatic heterocycles. The monoisotopic (exact) mass is 308 g/mol. The van der Waals surface area contributed by atoms with Gasteiger partial charge in [0.2, 0.25) is 0 Å². The SMILES string of the molecule is C[B]C.[Y].[Y].[Y]. The summed E-state index contributed by atoms with van der Waals surface area (Å²) in [4.78, 5) is 0. The Labute approximate surface area is 116 Å². The Hall–Kier alpha value is 3.38. The number of hydrogen-bond donors (Lipinski definition) is 0. The van der Waals surface area contributed by atoms with Crippen LogP contribution in [-0.4, -0.2) is 7.28 Å². The number of hydrogen-bond acceptors (Lipinski definition) is 0. The van der Waals surface area contributed by atoms with Gasteiger partial charge in [0, 0.05) is 98.1 Å². The Balaban J connectivity index is -0.00000000667. The van der Waals surface area contributed by atoms with Crippen molar-refractivity contribution >= 4 is 7.28 Å². The fourth-order valence-corrected chi connectivity index (χ4v) is 0. The van der Waals surface area contributed by atoms with Crippen LogP contribution in [0, 0.1) is 0 Å². The first-order chi connectivity index (χ1) is 1.41. The molecule has 4 heteroatoms. The van der Waals surface area contributed by atoms with Crippen LogP contribution in [-0.2, 0) is 98.1 Å². The van der Waals surface area contributed by atoms with Crippen molar-refractivity contribution in [1.29, 1.82) is 0 Å². The summed E-state index contributed by atoms with van der Waals surface area (Å²) in [5.74, 6) is 0. The van der Waals surface area contributed by atoms with Crippen molar-refractivity contribution in [1.82, 2.24) is 0 Å². The van der Waals surface area contributed by atoms with Crippen LogP contribution >= 0.6 is 0 Å². The largest absolute Gasteiger partial charge is 0.102 e. The van der Waals surface area contributed by atoms with E-state index in [0.29, 0.717) is 0 Å². The summed E-state index contributed by atoms with van der Waals surface area (Å²) < 4.78 is 0. The molecule has 0 bridgehead atoms. The zero-order chi connectivity index (χ0) is 2.71. The Kier molecular flexibility index (Phi) is 90.3. The van der Waals surface area contributed by atoms with Crippen molar-refractivity contribution in [2.24, 2.45) is 0 Å². The van der Waals surface area contributed by atoms with Gasteiger partial charge in [-0.25, -0.2) is 0 Å². The van der Waals surface area contributed by atoms with E-state index in [1.54, 1.807) is 0 Å². The van der Waals surface area contributed by atoms with E-state index >= 15 is 0 Å². The summed E-state index contributed by atoms with van der Waals surface area (Å²) in [5, 5.41) is 0. The van der Waals surface area contributed by atoms with Crippen LogP contribution in [0.4, 0.5) is 0 Å². The van der Waals surface area contributed by atoms with Crippen LogP contribution in [0.2, 0.25) is 13.6 Å². The van der Waals surface area contributed by atoms with Crippen molar-refractivity contribution in [3.63, 3.8) is 0 Å². The van der Waals surface area contributed by atoms with Gasteiger partial charge >= 0.3 is 0 Å². The molecule has 0 aliphatic rings. The van der Waals surface area contributed by atoms with E-state index in [1.807, 2.05) is 20.9 Å². The quantitative estimate of drug-likeness (QED) is 0.580. The molecule has 0 saturated heterocycles. The van der Waals surface area contributed by atoms with Crippen LogP contribution in [0.3, 0.4) is 0 Å². The predicted molar refractivity (Wildman–Crippen MR) is 17.5 cm³/mol. The molecule has 0 fully saturated rings. The molecule has 0 atom stereocenters. The van der Waals surface area contributed by atoms with E-state index < -0.39 is 0 Å². The van der Waals surface area contributed by atoms with Gasteiger partial charge in [-0.1, -0.05) is 13.6 Å². The van der Waals surface area contributed by atoms with Crippen LogP contribution in [0.25, 0.3) is 0 Å². The molecular weight excluding hydrogens is 302 g/mol. The molecule has 0 N–H and O–H groups in total. The van der Waals surface area contributed by atoms with Crippen molar-refractivity contribution < 1.29 is 98.1 Å². The molecule has 26 valence electrons. The maximum absolute atomic E-state index is 2.00. The number of rotatable bonds is 0. The summed E-state index contributed by atoms with van der Waals surface area (Å²) in [6.45, 7) is 4.00. The molecule has 0 heterocycles. The van der Waals surface area contributed by atoms with Gasteiger partial charge < -0.3 is 0 Å². The van der Waals surface area contributed by atoms with Crippen LogP contribution in [0.5, 0.6) is 0 Å². The fourth-order valence-electron chi connectivity index (χ4n) is 0. The zero-order valence-corrected chi connectivity index (χ0v) is 12.8. The molecule has 0 aliphatic heterocycles. The Morgan fingerprint density at radius 2 is 0.833 bits per heavy atom. The second kappa shape index (κ2) is 23.8. The van der Waals surface area contributed by atoms with Gasteiger partial charge in [0.15, 0.2) is 0 Å². The summed E-state index contributed by atoms with van der Waals surface area (Å²) in [6, 6.07) is 0. The van der Waals surface area contributed by atoms with Gasteiger partial charge in [0.25, 0.3) is 0 Å². The Bertz CT molecular complexity index is 8.75. The summed E-state index contributed by atoms with van der Waals surface area (Å²) >= 11 is 0. The van der Waals surface area contributed by atoms with Crippen molar-refractivity contribution in [3.05, 3.63) is 0 Å². The molecule has 0 amide bonds. The topological polar surface area (TPSA) is 0 Å². The third kappa shape index (κ3) is 26.3. The third-order valence-electron chi connectivity index (χ3n) is 0. The van der Waals surface area contributed by atoms with Crippen molar-refractivity contribution in [3.8, 4) is 0 Å². The Morgan fingerprint density at radius 1 is 0.833 bits per heavy atom. The minimum atomic E-state index is 0. The van der Waals surface area contributed by atoms with Gasteiger partial charge in [-0.15, -0.1) is 0 Å². The van der Waals surface area contributed by atoms with Gasteiger partial charge in [0.1, 0.15) is 7.28 Å². The van der Waals surface area contributed by atoms with Crippen LogP contribution < -0.4 is 0 Å². The molecular formula is C2H6BY3. The van der Waals surface area contributed by atoms with Crippen LogP contribution in [0.1, 0.15) is 0 Å².